The Morgan fingerprint density at radius 1 is 1.61 bits per heavy atom. The van der Waals surface area contributed by atoms with Crippen molar-refractivity contribution in [2.75, 3.05) is 11.4 Å². The monoisotopic (exact) mass is 265 g/mol. The first-order valence-corrected chi connectivity index (χ1v) is 5.61. The molecule has 1 aromatic heterocycles. The summed E-state index contributed by atoms with van der Waals surface area (Å²) in [7, 11) is 0. The number of thiocarbonyl (C=S) groups is 1. The van der Waals surface area contributed by atoms with Crippen molar-refractivity contribution in [3.8, 4) is 0 Å². The minimum Gasteiger partial charge on any atom is -0.389 e. The molecule has 1 fully saturated rings. The van der Waals surface area contributed by atoms with E-state index in [0.717, 1.165) is 0 Å². The second-order valence-electron chi connectivity index (χ2n) is 3.84. The van der Waals surface area contributed by atoms with Crippen molar-refractivity contribution in [2.45, 2.75) is 13.0 Å². The molecule has 3 N–H and O–H groups in total. The first-order valence-electron chi connectivity index (χ1n) is 5.21. The Kier molecular flexibility index (Phi) is 3.19. The van der Waals surface area contributed by atoms with Crippen LogP contribution in [-0.2, 0) is 9.59 Å². The van der Waals surface area contributed by atoms with Gasteiger partial charge in [-0.05, 0) is 6.92 Å². The smallest absolute Gasteiger partial charge is 0.249 e. The number of amides is 2. The van der Waals surface area contributed by atoms with Gasteiger partial charge in [0.05, 0.1) is 12.1 Å². The van der Waals surface area contributed by atoms with E-state index in [0.29, 0.717) is 11.4 Å². The van der Waals surface area contributed by atoms with Crippen LogP contribution in [0.25, 0.3) is 0 Å². The third-order valence-electron chi connectivity index (χ3n) is 2.65. The predicted molar refractivity (Wildman–Crippen MR) is 67.9 cm³/mol. The van der Waals surface area contributed by atoms with Gasteiger partial charge in [0, 0.05) is 6.20 Å². The standard InChI is InChI=1S/C10H11N5O2S/c1-5-10(17)14-7(16)3-15(5)9-6(8(11)18)2-12-4-13-9/h2,4-5H,3H2,1H3,(H2,11,18)(H,14,16,17). The van der Waals surface area contributed by atoms with Crippen LogP contribution >= 0.6 is 12.2 Å². The number of anilines is 1. The summed E-state index contributed by atoms with van der Waals surface area (Å²) in [5.74, 6) is -0.363. The minimum absolute atomic E-state index is 0.0273. The van der Waals surface area contributed by atoms with E-state index in [1.165, 1.54) is 12.5 Å². The Balaban J connectivity index is 2.44. The molecule has 1 unspecified atom stereocenters. The van der Waals surface area contributed by atoms with Gasteiger partial charge < -0.3 is 10.6 Å². The third kappa shape index (κ3) is 2.14. The van der Waals surface area contributed by atoms with Crippen molar-refractivity contribution in [1.82, 2.24) is 15.3 Å². The molecule has 8 heteroatoms. The molecule has 1 atom stereocenters. The van der Waals surface area contributed by atoms with Crippen molar-refractivity contribution < 1.29 is 9.59 Å². The summed E-state index contributed by atoms with van der Waals surface area (Å²) in [6.07, 6.45) is 2.79. The highest BCUT2D eigenvalue weighted by Crippen LogP contribution is 2.20. The lowest BCUT2D eigenvalue weighted by Gasteiger charge is -2.33. The van der Waals surface area contributed by atoms with Gasteiger partial charge in [0.2, 0.25) is 11.8 Å². The second kappa shape index (κ2) is 4.65. The molecule has 1 aromatic rings. The maximum absolute atomic E-state index is 11.6. The average Bonchev–Trinajstić information content (AvgIpc) is 2.33. The molecule has 1 aliphatic heterocycles. The van der Waals surface area contributed by atoms with Crippen molar-refractivity contribution in [3.05, 3.63) is 18.1 Å². The van der Waals surface area contributed by atoms with Crippen LogP contribution in [0.5, 0.6) is 0 Å². The van der Waals surface area contributed by atoms with Crippen molar-refractivity contribution in [1.29, 1.82) is 0 Å². The van der Waals surface area contributed by atoms with E-state index in [1.807, 2.05) is 0 Å². The molecule has 0 saturated carbocycles. The van der Waals surface area contributed by atoms with Gasteiger partial charge in [0.25, 0.3) is 0 Å². The summed E-state index contributed by atoms with van der Waals surface area (Å²) in [6.45, 7) is 1.70. The molecule has 2 rings (SSSR count). The summed E-state index contributed by atoms with van der Waals surface area (Å²) in [6, 6.07) is -0.523. The Hall–Kier alpha value is -2.09. The van der Waals surface area contributed by atoms with Gasteiger partial charge in [0.15, 0.2) is 0 Å². The summed E-state index contributed by atoms with van der Waals surface area (Å²) < 4.78 is 0. The normalized spacial score (nSPS) is 19.6. The zero-order valence-corrected chi connectivity index (χ0v) is 10.4. The van der Waals surface area contributed by atoms with E-state index in [4.69, 9.17) is 18.0 Å². The lowest BCUT2D eigenvalue weighted by molar-refractivity contribution is -0.132. The fraction of sp³-hybridized carbons (Fsp3) is 0.300. The van der Waals surface area contributed by atoms with E-state index in [9.17, 15) is 9.59 Å². The molecule has 0 spiro atoms. The Morgan fingerprint density at radius 3 is 3.00 bits per heavy atom. The Morgan fingerprint density at radius 2 is 2.33 bits per heavy atom. The van der Waals surface area contributed by atoms with Crippen LogP contribution in [0.4, 0.5) is 5.82 Å². The number of nitrogens with one attached hydrogen (secondary N) is 1. The molecule has 94 valence electrons. The maximum Gasteiger partial charge on any atom is 0.249 e. The molecule has 0 radical (unpaired) electrons. The molecule has 2 amide bonds. The van der Waals surface area contributed by atoms with Crippen LogP contribution in [0, 0.1) is 0 Å². The van der Waals surface area contributed by atoms with Crippen molar-refractivity contribution in [3.63, 3.8) is 0 Å². The van der Waals surface area contributed by atoms with E-state index >= 15 is 0 Å². The molecular formula is C10H11N5O2S. The molecule has 2 heterocycles. The van der Waals surface area contributed by atoms with Gasteiger partial charge in [-0.25, -0.2) is 9.97 Å². The van der Waals surface area contributed by atoms with Crippen LogP contribution in [0.2, 0.25) is 0 Å². The molecule has 18 heavy (non-hydrogen) atoms. The van der Waals surface area contributed by atoms with Crippen molar-refractivity contribution >= 4 is 34.8 Å². The molecule has 0 aliphatic carbocycles. The van der Waals surface area contributed by atoms with Crippen LogP contribution in [0.1, 0.15) is 12.5 Å². The Labute approximate surface area is 108 Å². The fourth-order valence-corrected chi connectivity index (χ4v) is 1.84. The van der Waals surface area contributed by atoms with Crippen LogP contribution in [0.15, 0.2) is 12.5 Å². The first-order chi connectivity index (χ1) is 8.50. The molecular weight excluding hydrogens is 254 g/mol. The van der Waals surface area contributed by atoms with Gasteiger partial charge in [-0.15, -0.1) is 0 Å². The molecule has 7 nitrogen and oxygen atoms in total. The number of carbonyl (C=O) groups is 2. The van der Waals surface area contributed by atoms with Gasteiger partial charge in [-0.2, -0.15) is 0 Å². The van der Waals surface area contributed by atoms with Crippen LogP contribution in [0.3, 0.4) is 0 Å². The fourth-order valence-electron chi connectivity index (χ4n) is 1.70. The second-order valence-corrected chi connectivity index (χ2v) is 4.28. The number of carbonyl (C=O) groups excluding carboxylic acids is 2. The summed E-state index contributed by atoms with van der Waals surface area (Å²) in [5, 5.41) is 2.25. The highest BCUT2D eigenvalue weighted by molar-refractivity contribution is 7.80. The number of hydrogen-bond donors (Lipinski definition) is 2. The van der Waals surface area contributed by atoms with E-state index < -0.39 is 6.04 Å². The highest BCUT2D eigenvalue weighted by Gasteiger charge is 2.32. The predicted octanol–water partition coefficient (Wildman–Crippen LogP) is -1.04. The third-order valence-corrected chi connectivity index (χ3v) is 2.87. The molecule has 0 aromatic carbocycles. The number of aromatic nitrogens is 2. The molecule has 0 bridgehead atoms. The topological polar surface area (TPSA) is 101 Å². The van der Waals surface area contributed by atoms with Gasteiger partial charge in [0.1, 0.15) is 23.2 Å². The maximum atomic E-state index is 11.6. The van der Waals surface area contributed by atoms with E-state index in [2.05, 4.69) is 15.3 Å². The zero-order chi connectivity index (χ0) is 13.3. The quantitative estimate of drug-likeness (QED) is 0.520. The van der Waals surface area contributed by atoms with Crippen LogP contribution < -0.4 is 16.0 Å². The lowest BCUT2D eigenvalue weighted by atomic mass is 10.1. The largest absolute Gasteiger partial charge is 0.389 e. The average molecular weight is 265 g/mol. The number of imide groups is 1. The highest BCUT2D eigenvalue weighted by atomic mass is 32.1. The first kappa shape index (κ1) is 12.4. The number of rotatable bonds is 2. The zero-order valence-electron chi connectivity index (χ0n) is 9.58. The molecule has 1 aliphatic rings. The number of piperazine rings is 1. The summed E-state index contributed by atoms with van der Waals surface area (Å²) in [4.78, 5) is 32.6. The summed E-state index contributed by atoms with van der Waals surface area (Å²) in [5.41, 5.74) is 6.02. The number of hydrogen-bond acceptors (Lipinski definition) is 6. The minimum atomic E-state index is -0.523. The number of nitrogens with zero attached hydrogens (tertiary/aromatic N) is 3. The van der Waals surface area contributed by atoms with Gasteiger partial charge >= 0.3 is 0 Å². The molecule has 1 saturated heterocycles. The number of nitrogens with two attached hydrogens (primary N) is 1. The van der Waals surface area contributed by atoms with E-state index in [-0.39, 0.29) is 23.3 Å². The van der Waals surface area contributed by atoms with E-state index in [1.54, 1.807) is 11.8 Å². The lowest BCUT2D eigenvalue weighted by Crippen LogP contribution is -2.57. The van der Waals surface area contributed by atoms with Crippen molar-refractivity contribution in [2.24, 2.45) is 5.73 Å². The summed E-state index contributed by atoms with van der Waals surface area (Å²) >= 11 is 4.90. The van der Waals surface area contributed by atoms with Crippen LogP contribution in [-0.4, -0.2) is 39.4 Å². The Bertz CT molecular complexity index is 533. The van der Waals surface area contributed by atoms with Gasteiger partial charge in [-0.1, -0.05) is 12.2 Å². The SMILES string of the molecule is CC1C(=O)NC(=O)CN1c1ncncc1C(N)=S. The van der Waals surface area contributed by atoms with Gasteiger partial charge in [-0.3, -0.25) is 14.9 Å².